The highest BCUT2D eigenvalue weighted by atomic mass is 35.5. The maximum atomic E-state index is 11.1. The molecule has 0 bridgehead atoms. The maximum Gasteiger partial charge on any atom is 0.343 e. The van der Waals surface area contributed by atoms with E-state index in [-0.39, 0.29) is 16.3 Å². The van der Waals surface area contributed by atoms with Crippen molar-refractivity contribution in [1.29, 1.82) is 0 Å². The van der Waals surface area contributed by atoms with Gasteiger partial charge in [0.15, 0.2) is 0 Å². The highest BCUT2D eigenvalue weighted by molar-refractivity contribution is 6.34. The second-order valence-electron chi connectivity index (χ2n) is 2.58. The molecule has 0 saturated heterocycles. The summed E-state index contributed by atoms with van der Waals surface area (Å²) in [4.78, 5) is 11.1. The first-order valence-electron chi connectivity index (χ1n) is 3.64. The van der Waals surface area contributed by atoms with E-state index in [2.05, 4.69) is 4.74 Å². The number of aromatic hydroxyl groups is 1. The molecule has 1 rings (SSSR count). The number of esters is 1. The van der Waals surface area contributed by atoms with Crippen molar-refractivity contribution in [3.8, 4) is 5.75 Å². The Morgan fingerprint density at radius 3 is 2.69 bits per heavy atom. The second-order valence-corrected chi connectivity index (χ2v) is 2.99. The SMILES string of the molecule is COC(=O)c1c(Cl)ccc(C)c1O. The molecule has 0 amide bonds. The molecule has 13 heavy (non-hydrogen) atoms. The summed E-state index contributed by atoms with van der Waals surface area (Å²) in [6.45, 7) is 1.68. The first-order valence-corrected chi connectivity index (χ1v) is 4.02. The molecule has 0 radical (unpaired) electrons. The van der Waals surface area contributed by atoms with Crippen molar-refractivity contribution in [3.05, 3.63) is 28.3 Å². The van der Waals surface area contributed by atoms with Crippen LogP contribution in [0.15, 0.2) is 12.1 Å². The third kappa shape index (κ3) is 1.75. The van der Waals surface area contributed by atoms with Gasteiger partial charge in [0.1, 0.15) is 11.3 Å². The number of rotatable bonds is 1. The first kappa shape index (κ1) is 9.86. The molecule has 0 saturated carbocycles. The largest absolute Gasteiger partial charge is 0.507 e. The van der Waals surface area contributed by atoms with Crippen molar-refractivity contribution in [1.82, 2.24) is 0 Å². The highest BCUT2D eigenvalue weighted by Gasteiger charge is 2.17. The highest BCUT2D eigenvalue weighted by Crippen LogP contribution is 2.29. The normalized spacial score (nSPS) is 9.77. The Morgan fingerprint density at radius 2 is 2.15 bits per heavy atom. The van der Waals surface area contributed by atoms with Crippen molar-refractivity contribution < 1.29 is 14.6 Å². The number of methoxy groups -OCH3 is 1. The molecule has 0 aromatic heterocycles. The summed E-state index contributed by atoms with van der Waals surface area (Å²) in [5, 5.41) is 9.68. The van der Waals surface area contributed by atoms with Gasteiger partial charge in [-0.1, -0.05) is 17.7 Å². The first-order chi connectivity index (χ1) is 6.07. The van der Waals surface area contributed by atoms with Crippen LogP contribution in [0.25, 0.3) is 0 Å². The van der Waals surface area contributed by atoms with Crippen molar-refractivity contribution >= 4 is 17.6 Å². The third-order valence-corrected chi connectivity index (χ3v) is 2.03. The fourth-order valence-electron chi connectivity index (χ4n) is 0.967. The predicted molar refractivity (Wildman–Crippen MR) is 49.2 cm³/mol. The molecule has 70 valence electrons. The Kier molecular flexibility index (Phi) is 2.78. The lowest BCUT2D eigenvalue weighted by Gasteiger charge is -2.06. The molecule has 0 heterocycles. The summed E-state index contributed by atoms with van der Waals surface area (Å²) in [5.74, 6) is -0.759. The van der Waals surface area contributed by atoms with E-state index in [0.29, 0.717) is 5.56 Å². The van der Waals surface area contributed by atoms with Crippen LogP contribution in [0.2, 0.25) is 5.02 Å². The van der Waals surface area contributed by atoms with Crippen molar-refractivity contribution in [2.24, 2.45) is 0 Å². The Morgan fingerprint density at radius 1 is 1.54 bits per heavy atom. The van der Waals surface area contributed by atoms with Gasteiger partial charge < -0.3 is 9.84 Å². The van der Waals surface area contributed by atoms with Crippen molar-refractivity contribution in [2.75, 3.05) is 7.11 Å². The number of hydrogen-bond acceptors (Lipinski definition) is 3. The van der Waals surface area contributed by atoms with Crippen LogP contribution < -0.4 is 0 Å². The molecule has 3 nitrogen and oxygen atoms in total. The fraction of sp³-hybridized carbons (Fsp3) is 0.222. The average molecular weight is 201 g/mol. The van der Waals surface area contributed by atoms with E-state index in [4.69, 9.17) is 11.6 Å². The quantitative estimate of drug-likeness (QED) is 0.707. The zero-order valence-electron chi connectivity index (χ0n) is 7.30. The van der Waals surface area contributed by atoms with Crippen LogP contribution in [0.1, 0.15) is 15.9 Å². The number of phenolic OH excluding ortho intramolecular Hbond substituents is 1. The van der Waals surface area contributed by atoms with Crippen LogP contribution >= 0.6 is 11.6 Å². The standard InChI is InChI=1S/C9H9ClO3/c1-5-3-4-6(10)7(8(5)11)9(12)13-2/h3-4,11H,1-2H3. The molecule has 1 aromatic carbocycles. The van der Waals surface area contributed by atoms with Crippen LogP contribution in [-0.2, 0) is 4.74 Å². The topological polar surface area (TPSA) is 46.5 Å². The molecular weight excluding hydrogens is 192 g/mol. The molecule has 0 aliphatic rings. The van der Waals surface area contributed by atoms with Gasteiger partial charge in [0.25, 0.3) is 0 Å². The number of hydrogen-bond donors (Lipinski definition) is 1. The minimum atomic E-state index is -0.633. The number of carbonyl (C=O) groups excluding carboxylic acids is 1. The average Bonchev–Trinajstić information content (AvgIpc) is 2.12. The lowest BCUT2D eigenvalue weighted by atomic mass is 10.1. The molecule has 0 spiro atoms. The minimum Gasteiger partial charge on any atom is -0.507 e. The van der Waals surface area contributed by atoms with E-state index in [1.165, 1.54) is 7.11 Å². The summed E-state index contributed by atoms with van der Waals surface area (Å²) in [5.41, 5.74) is 0.606. The lowest BCUT2D eigenvalue weighted by molar-refractivity contribution is 0.0597. The van der Waals surface area contributed by atoms with Gasteiger partial charge in [0.2, 0.25) is 0 Å². The zero-order chi connectivity index (χ0) is 10.0. The Labute approximate surface area is 80.9 Å². The molecule has 1 aromatic rings. The lowest BCUT2D eigenvalue weighted by Crippen LogP contribution is -2.03. The molecule has 4 heteroatoms. The van der Waals surface area contributed by atoms with Gasteiger partial charge in [-0.25, -0.2) is 4.79 Å². The summed E-state index contributed by atoms with van der Waals surface area (Å²) in [6.07, 6.45) is 0. The summed E-state index contributed by atoms with van der Waals surface area (Å²) >= 11 is 5.71. The van der Waals surface area contributed by atoms with E-state index in [9.17, 15) is 9.90 Å². The monoisotopic (exact) mass is 200 g/mol. The van der Waals surface area contributed by atoms with E-state index >= 15 is 0 Å². The molecule has 0 aliphatic heterocycles. The number of ether oxygens (including phenoxy) is 1. The summed E-state index contributed by atoms with van der Waals surface area (Å²) in [6, 6.07) is 3.17. The van der Waals surface area contributed by atoms with Gasteiger partial charge in [0.05, 0.1) is 12.1 Å². The molecular formula is C9H9ClO3. The predicted octanol–water partition coefficient (Wildman–Crippen LogP) is 2.14. The van der Waals surface area contributed by atoms with Crippen LogP contribution in [-0.4, -0.2) is 18.2 Å². The van der Waals surface area contributed by atoms with Gasteiger partial charge >= 0.3 is 5.97 Å². The van der Waals surface area contributed by atoms with Gasteiger partial charge in [-0.3, -0.25) is 0 Å². The summed E-state index contributed by atoms with van der Waals surface area (Å²) < 4.78 is 4.47. The van der Waals surface area contributed by atoms with Gasteiger partial charge in [-0.15, -0.1) is 0 Å². The Hall–Kier alpha value is -1.22. The molecule has 0 unspecified atom stereocenters. The smallest absolute Gasteiger partial charge is 0.343 e. The fourth-order valence-corrected chi connectivity index (χ4v) is 1.20. The third-order valence-electron chi connectivity index (χ3n) is 1.72. The van der Waals surface area contributed by atoms with Crippen molar-refractivity contribution in [2.45, 2.75) is 6.92 Å². The van der Waals surface area contributed by atoms with Crippen LogP contribution in [0, 0.1) is 6.92 Å². The molecule has 0 aliphatic carbocycles. The number of phenols is 1. The molecule has 1 N–H and O–H groups in total. The maximum absolute atomic E-state index is 11.1. The van der Waals surface area contributed by atoms with Crippen molar-refractivity contribution in [3.63, 3.8) is 0 Å². The number of carbonyl (C=O) groups is 1. The van der Waals surface area contributed by atoms with E-state index in [0.717, 1.165) is 0 Å². The summed E-state index contributed by atoms with van der Waals surface area (Å²) in [7, 11) is 1.24. The van der Waals surface area contributed by atoms with Crippen LogP contribution in [0.4, 0.5) is 0 Å². The Bertz CT molecular complexity index is 347. The van der Waals surface area contributed by atoms with Gasteiger partial charge in [-0.05, 0) is 18.6 Å². The number of benzene rings is 1. The van der Waals surface area contributed by atoms with E-state index < -0.39 is 5.97 Å². The van der Waals surface area contributed by atoms with Gasteiger partial charge in [0, 0.05) is 0 Å². The minimum absolute atomic E-state index is 0.0177. The zero-order valence-corrected chi connectivity index (χ0v) is 8.05. The molecule has 0 atom stereocenters. The number of halogens is 1. The Balaban J connectivity index is 3.33. The van der Waals surface area contributed by atoms with E-state index in [1.54, 1.807) is 19.1 Å². The number of aryl methyl sites for hydroxylation is 1. The van der Waals surface area contributed by atoms with Crippen LogP contribution in [0.5, 0.6) is 5.75 Å². The molecule has 0 fully saturated rings. The van der Waals surface area contributed by atoms with Gasteiger partial charge in [-0.2, -0.15) is 0 Å². The van der Waals surface area contributed by atoms with Crippen LogP contribution in [0.3, 0.4) is 0 Å². The van der Waals surface area contributed by atoms with E-state index in [1.807, 2.05) is 0 Å². The second kappa shape index (κ2) is 3.66.